The van der Waals surface area contributed by atoms with Gasteiger partial charge in [-0.25, -0.2) is 4.98 Å². The number of aliphatic hydroxyl groups is 1. The first-order valence-corrected chi connectivity index (χ1v) is 5.38. The van der Waals surface area contributed by atoms with E-state index in [9.17, 15) is 5.11 Å². The van der Waals surface area contributed by atoms with Gasteiger partial charge in [0.1, 0.15) is 11.0 Å². The molecule has 1 rings (SSSR count). The second-order valence-corrected chi connectivity index (χ2v) is 4.60. The molecule has 0 aliphatic rings. The SMILES string of the molecule is CC(C)C(C)(O)CNc1cccc(Cl)n1. The number of nitrogens with zero attached hydrogens (tertiary/aromatic N) is 1. The van der Waals surface area contributed by atoms with Crippen molar-refractivity contribution in [2.75, 3.05) is 11.9 Å². The first-order chi connectivity index (χ1) is 6.92. The standard InChI is InChI=1S/C11H17ClN2O/c1-8(2)11(3,15)7-13-10-6-4-5-9(12)14-10/h4-6,8,15H,7H2,1-3H3,(H,13,14). The number of nitrogens with one attached hydrogen (secondary N) is 1. The third-order valence-electron chi connectivity index (χ3n) is 2.59. The van der Waals surface area contributed by atoms with E-state index in [1.165, 1.54) is 0 Å². The van der Waals surface area contributed by atoms with E-state index in [0.29, 0.717) is 17.5 Å². The summed E-state index contributed by atoms with van der Waals surface area (Å²) in [6.07, 6.45) is 0. The summed E-state index contributed by atoms with van der Waals surface area (Å²) in [6.45, 7) is 6.22. The Hall–Kier alpha value is -0.800. The van der Waals surface area contributed by atoms with Gasteiger partial charge in [0, 0.05) is 6.54 Å². The second kappa shape index (κ2) is 4.81. The van der Waals surface area contributed by atoms with Crippen LogP contribution < -0.4 is 5.32 Å². The Kier molecular flexibility index (Phi) is 3.94. The van der Waals surface area contributed by atoms with Gasteiger partial charge in [-0.2, -0.15) is 0 Å². The van der Waals surface area contributed by atoms with Crippen LogP contribution in [0.3, 0.4) is 0 Å². The van der Waals surface area contributed by atoms with Gasteiger partial charge in [-0.15, -0.1) is 0 Å². The summed E-state index contributed by atoms with van der Waals surface area (Å²) >= 11 is 5.74. The molecule has 0 fully saturated rings. The molecule has 0 aromatic carbocycles. The van der Waals surface area contributed by atoms with Gasteiger partial charge in [0.2, 0.25) is 0 Å². The second-order valence-electron chi connectivity index (χ2n) is 4.21. The van der Waals surface area contributed by atoms with Gasteiger partial charge in [0.15, 0.2) is 0 Å². The van der Waals surface area contributed by atoms with Crippen molar-refractivity contribution >= 4 is 17.4 Å². The average Bonchev–Trinajstić information content (AvgIpc) is 2.15. The zero-order chi connectivity index (χ0) is 11.5. The fraction of sp³-hybridized carbons (Fsp3) is 0.545. The fourth-order valence-corrected chi connectivity index (χ4v) is 1.14. The largest absolute Gasteiger partial charge is 0.388 e. The fourth-order valence-electron chi connectivity index (χ4n) is 0.980. The highest BCUT2D eigenvalue weighted by Crippen LogP contribution is 2.17. The molecule has 0 aliphatic carbocycles. The van der Waals surface area contributed by atoms with Crippen LogP contribution in [0.15, 0.2) is 18.2 Å². The Morgan fingerprint density at radius 1 is 1.53 bits per heavy atom. The van der Waals surface area contributed by atoms with Crippen molar-refractivity contribution < 1.29 is 5.11 Å². The highest BCUT2D eigenvalue weighted by molar-refractivity contribution is 6.29. The third kappa shape index (κ3) is 3.68. The van der Waals surface area contributed by atoms with Crippen LogP contribution >= 0.6 is 11.6 Å². The number of pyridine rings is 1. The molecule has 3 nitrogen and oxygen atoms in total. The summed E-state index contributed by atoms with van der Waals surface area (Å²) in [5.74, 6) is 0.868. The van der Waals surface area contributed by atoms with E-state index < -0.39 is 5.60 Å². The topological polar surface area (TPSA) is 45.1 Å². The van der Waals surface area contributed by atoms with Crippen LogP contribution in [0.4, 0.5) is 5.82 Å². The van der Waals surface area contributed by atoms with Crippen LogP contribution in [0.1, 0.15) is 20.8 Å². The average molecular weight is 229 g/mol. The molecule has 4 heteroatoms. The van der Waals surface area contributed by atoms with Crippen LogP contribution in [-0.4, -0.2) is 22.2 Å². The minimum Gasteiger partial charge on any atom is -0.388 e. The van der Waals surface area contributed by atoms with Gasteiger partial charge in [-0.05, 0) is 25.0 Å². The summed E-state index contributed by atoms with van der Waals surface area (Å²) in [5.41, 5.74) is -0.746. The number of aromatic nitrogens is 1. The summed E-state index contributed by atoms with van der Waals surface area (Å²) in [5, 5.41) is 13.5. The van der Waals surface area contributed by atoms with Crippen molar-refractivity contribution in [3.63, 3.8) is 0 Å². The van der Waals surface area contributed by atoms with Gasteiger partial charge in [-0.1, -0.05) is 31.5 Å². The van der Waals surface area contributed by atoms with Crippen molar-refractivity contribution in [2.45, 2.75) is 26.4 Å². The lowest BCUT2D eigenvalue weighted by Gasteiger charge is -2.28. The molecule has 0 spiro atoms. The highest BCUT2D eigenvalue weighted by Gasteiger charge is 2.24. The lowest BCUT2D eigenvalue weighted by Crippen LogP contribution is -2.38. The molecule has 1 unspecified atom stereocenters. The molecule has 0 amide bonds. The molecule has 84 valence electrons. The smallest absolute Gasteiger partial charge is 0.131 e. The van der Waals surface area contributed by atoms with Gasteiger partial charge in [-0.3, -0.25) is 0 Å². The summed E-state index contributed by atoms with van der Waals surface area (Å²) in [6, 6.07) is 5.36. The van der Waals surface area contributed by atoms with Gasteiger partial charge < -0.3 is 10.4 Å². The quantitative estimate of drug-likeness (QED) is 0.779. The van der Waals surface area contributed by atoms with Crippen LogP contribution in [0.25, 0.3) is 0 Å². The van der Waals surface area contributed by atoms with Crippen molar-refractivity contribution in [1.82, 2.24) is 4.98 Å². The van der Waals surface area contributed by atoms with Gasteiger partial charge >= 0.3 is 0 Å². The molecule has 1 atom stereocenters. The van der Waals surface area contributed by atoms with E-state index in [1.807, 2.05) is 26.0 Å². The van der Waals surface area contributed by atoms with E-state index in [4.69, 9.17) is 11.6 Å². The van der Waals surface area contributed by atoms with Gasteiger partial charge in [0.25, 0.3) is 0 Å². The Balaban J connectivity index is 2.57. The Morgan fingerprint density at radius 3 is 2.73 bits per heavy atom. The monoisotopic (exact) mass is 228 g/mol. The van der Waals surface area contributed by atoms with Gasteiger partial charge in [0.05, 0.1) is 5.60 Å². The van der Waals surface area contributed by atoms with Crippen molar-refractivity contribution in [1.29, 1.82) is 0 Å². The lowest BCUT2D eigenvalue weighted by atomic mass is 9.93. The molecular weight excluding hydrogens is 212 g/mol. The van der Waals surface area contributed by atoms with E-state index in [0.717, 1.165) is 0 Å². The predicted octanol–water partition coefficient (Wildman–Crippen LogP) is 2.55. The molecule has 15 heavy (non-hydrogen) atoms. The van der Waals surface area contributed by atoms with Crippen molar-refractivity contribution in [3.8, 4) is 0 Å². The molecule has 0 bridgehead atoms. The van der Waals surface area contributed by atoms with E-state index in [2.05, 4.69) is 10.3 Å². The van der Waals surface area contributed by atoms with E-state index in [1.54, 1.807) is 13.0 Å². The first-order valence-electron chi connectivity index (χ1n) is 5.00. The Bertz CT molecular complexity index is 326. The summed E-state index contributed by atoms with van der Waals surface area (Å²) in [4.78, 5) is 4.08. The van der Waals surface area contributed by atoms with Crippen molar-refractivity contribution in [2.24, 2.45) is 5.92 Å². The van der Waals surface area contributed by atoms with Crippen LogP contribution in [0, 0.1) is 5.92 Å². The minimum atomic E-state index is -0.746. The number of rotatable bonds is 4. The number of hydrogen-bond acceptors (Lipinski definition) is 3. The number of hydrogen-bond donors (Lipinski definition) is 2. The molecule has 1 aromatic rings. The first kappa shape index (κ1) is 12.3. The van der Waals surface area contributed by atoms with E-state index >= 15 is 0 Å². The molecule has 0 aliphatic heterocycles. The summed E-state index contributed by atoms with van der Waals surface area (Å²) in [7, 11) is 0. The maximum absolute atomic E-state index is 10.00. The summed E-state index contributed by atoms with van der Waals surface area (Å²) < 4.78 is 0. The zero-order valence-electron chi connectivity index (χ0n) is 9.29. The van der Waals surface area contributed by atoms with Crippen LogP contribution in [0.2, 0.25) is 5.15 Å². The molecule has 0 radical (unpaired) electrons. The number of halogens is 1. The maximum Gasteiger partial charge on any atom is 0.131 e. The highest BCUT2D eigenvalue weighted by atomic mass is 35.5. The Labute approximate surface area is 95.5 Å². The van der Waals surface area contributed by atoms with E-state index in [-0.39, 0.29) is 5.92 Å². The Morgan fingerprint density at radius 2 is 2.20 bits per heavy atom. The molecule has 0 saturated carbocycles. The minimum absolute atomic E-state index is 0.184. The lowest BCUT2D eigenvalue weighted by molar-refractivity contribution is 0.0265. The third-order valence-corrected chi connectivity index (χ3v) is 2.80. The molecular formula is C11H17ClN2O. The predicted molar refractivity (Wildman–Crippen MR) is 63.2 cm³/mol. The molecule has 1 heterocycles. The normalized spacial score (nSPS) is 15.1. The zero-order valence-corrected chi connectivity index (χ0v) is 10.0. The van der Waals surface area contributed by atoms with Crippen molar-refractivity contribution in [3.05, 3.63) is 23.4 Å². The van der Waals surface area contributed by atoms with Crippen LogP contribution in [-0.2, 0) is 0 Å². The maximum atomic E-state index is 10.00. The van der Waals surface area contributed by atoms with Crippen LogP contribution in [0.5, 0.6) is 0 Å². The molecule has 0 saturated heterocycles. The molecule has 2 N–H and O–H groups in total. The molecule has 1 aromatic heterocycles. The number of anilines is 1.